The Morgan fingerprint density at radius 1 is 1.77 bits per heavy atom. The average molecular weight is 183 g/mol. The van der Waals surface area contributed by atoms with E-state index in [-0.39, 0.29) is 6.04 Å². The molecule has 2 atom stereocenters. The second-order valence-corrected chi connectivity index (χ2v) is 3.52. The largest absolute Gasteiger partial charge is 0.384 e. The number of nitrogens with two attached hydrogens (primary N) is 1. The lowest BCUT2D eigenvalue weighted by Gasteiger charge is -2.25. The van der Waals surface area contributed by atoms with Crippen LogP contribution in [-0.4, -0.2) is 20.9 Å². The third-order valence-electron chi connectivity index (χ3n) is 2.43. The minimum absolute atomic E-state index is 0.304. The number of aryl methyl sites for hydroxylation is 1. The van der Waals surface area contributed by atoms with Gasteiger partial charge in [0.15, 0.2) is 0 Å². The molecule has 0 spiro atoms. The summed E-state index contributed by atoms with van der Waals surface area (Å²) in [7, 11) is 0. The van der Waals surface area contributed by atoms with Crippen LogP contribution in [0, 0.1) is 0 Å². The molecule has 0 aliphatic heterocycles. The van der Waals surface area contributed by atoms with Crippen molar-refractivity contribution >= 4 is 0 Å². The van der Waals surface area contributed by atoms with E-state index in [2.05, 4.69) is 5.10 Å². The summed E-state index contributed by atoms with van der Waals surface area (Å²) in [4.78, 5) is 0. The molecule has 0 radical (unpaired) electrons. The van der Waals surface area contributed by atoms with Crippen LogP contribution in [0.2, 0.25) is 0 Å². The van der Waals surface area contributed by atoms with Gasteiger partial charge in [0.05, 0.1) is 6.20 Å². The SMILES string of the molecule is CCn1cc(C(C)(O)C(C)N)cn1. The molecule has 1 heterocycles. The van der Waals surface area contributed by atoms with E-state index in [1.165, 1.54) is 0 Å². The summed E-state index contributed by atoms with van der Waals surface area (Å²) in [5.74, 6) is 0. The molecule has 1 aromatic heterocycles. The molecular weight excluding hydrogens is 166 g/mol. The van der Waals surface area contributed by atoms with Crippen molar-refractivity contribution in [2.75, 3.05) is 0 Å². The van der Waals surface area contributed by atoms with Gasteiger partial charge in [0.2, 0.25) is 0 Å². The van der Waals surface area contributed by atoms with Crippen molar-refractivity contribution in [1.29, 1.82) is 0 Å². The molecule has 1 rings (SSSR count). The van der Waals surface area contributed by atoms with Gasteiger partial charge in [0, 0.05) is 24.3 Å². The van der Waals surface area contributed by atoms with Gasteiger partial charge in [-0.25, -0.2) is 0 Å². The number of rotatable bonds is 3. The van der Waals surface area contributed by atoms with Crippen LogP contribution in [0.15, 0.2) is 12.4 Å². The first-order valence-corrected chi connectivity index (χ1v) is 4.49. The fourth-order valence-electron chi connectivity index (χ4n) is 1.06. The molecule has 0 saturated carbocycles. The lowest BCUT2D eigenvalue weighted by Crippen LogP contribution is -2.40. The first-order chi connectivity index (χ1) is 5.98. The van der Waals surface area contributed by atoms with Crippen molar-refractivity contribution in [1.82, 2.24) is 9.78 Å². The van der Waals surface area contributed by atoms with E-state index in [9.17, 15) is 5.11 Å². The molecule has 3 N–H and O–H groups in total. The summed E-state index contributed by atoms with van der Waals surface area (Å²) < 4.78 is 1.77. The zero-order valence-corrected chi connectivity index (χ0v) is 8.36. The molecule has 0 fully saturated rings. The van der Waals surface area contributed by atoms with Crippen molar-refractivity contribution in [2.45, 2.75) is 39.0 Å². The summed E-state index contributed by atoms with van der Waals surface area (Å²) in [6, 6.07) is -0.304. The van der Waals surface area contributed by atoms with E-state index >= 15 is 0 Å². The molecule has 74 valence electrons. The fourth-order valence-corrected chi connectivity index (χ4v) is 1.06. The minimum atomic E-state index is -0.993. The zero-order valence-electron chi connectivity index (χ0n) is 8.36. The first kappa shape index (κ1) is 10.2. The van der Waals surface area contributed by atoms with Gasteiger partial charge in [0.1, 0.15) is 5.60 Å². The maximum absolute atomic E-state index is 9.99. The van der Waals surface area contributed by atoms with Crippen LogP contribution in [0.25, 0.3) is 0 Å². The molecule has 0 aromatic carbocycles. The number of nitrogens with zero attached hydrogens (tertiary/aromatic N) is 2. The predicted octanol–water partition coefficient (Wildman–Crippen LogP) is 0.458. The van der Waals surface area contributed by atoms with Gasteiger partial charge >= 0.3 is 0 Å². The summed E-state index contributed by atoms with van der Waals surface area (Å²) in [6.07, 6.45) is 3.48. The Morgan fingerprint density at radius 3 is 2.77 bits per heavy atom. The second kappa shape index (κ2) is 3.47. The normalized spacial score (nSPS) is 18.2. The first-order valence-electron chi connectivity index (χ1n) is 4.49. The van der Waals surface area contributed by atoms with Gasteiger partial charge in [0.25, 0.3) is 0 Å². The van der Waals surface area contributed by atoms with Gasteiger partial charge in [-0.3, -0.25) is 4.68 Å². The molecule has 1 aromatic rings. The van der Waals surface area contributed by atoms with Crippen LogP contribution in [0.3, 0.4) is 0 Å². The van der Waals surface area contributed by atoms with Crippen molar-refractivity contribution in [2.24, 2.45) is 5.73 Å². The quantitative estimate of drug-likeness (QED) is 0.715. The third-order valence-corrected chi connectivity index (χ3v) is 2.43. The molecule has 0 amide bonds. The lowest BCUT2D eigenvalue weighted by molar-refractivity contribution is 0.0348. The summed E-state index contributed by atoms with van der Waals surface area (Å²) in [6.45, 7) is 6.28. The van der Waals surface area contributed by atoms with Crippen LogP contribution >= 0.6 is 0 Å². The van der Waals surface area contributed by atoms with E-state index in [1.54, 1.807) is 24.7 Å². The van der Waals surface area contributed by atoms with Gasteiger partial charge in [-0.2, -0.15) is 5.10 Å². The highest BCUT2D eigenvalue weighted by atomic mass is 16.3. The predicted molar refractivity (Wildman–Crippen MR) is 51.1 cm³/mol. The standard InChI is InChI=1S/C9H17N3O/c1-4-12-6-8(5-11-12)9(3,13)7(2)10/h5-7,13H,4,10H2,1-3H3. The van der Waals surface area contributed by atoms with E-state index in [4.69, 9.17) is 5.73 Å². The molecule has 0 aliphatic carbocycles. The monoisotopic (exact) mass is 183 g/mol. The number of hydrogen-bond acceptors (Lipinski definition) is 3. The lowest BCUT2D eigenvalue weighted by atomic mass is 9.92. The maximum atomic E-state index is 9.99. The van der Waals surface area contributed by atoms with Crippen molar-refractivity contribution in [3.63, 3.8) is 0 Å². The van der Waals surface area contributed by atoms with E-state index < -0.39 is 5.60 Å². The molecule has 0 saturated heterocycles. The van der Waals surface area contributed by atoms with Crippen molar-refractivity contribution in [3.8, 4) is 0 Å². The Hall–Kier alpha value is -0.870. The molecule has 0 aliphatic rings. The topological polar surface area (TPSA) is 64.1 Å². The summed E-state index contributed by atoms with van der Waals surface area (Å²) >= 11 is 0. The fraction of sp³-hybridized carbons (Fsp3) is 0.667. The number of aromatic nitrogens is 2. The average Bonchev–Trinajstić information content (AvgIpc) is 2.51. The maximum Gasteiger partial charge on any atom is 0.105 e. The van der Waals surface area contributed by atoms with Crippen LogP contribution in [0.5, 0.6) is 0 Å². The van der Waals surface area contributed by atoms with Crippen molar-refractivity contribution < 1.29 is 5.11 Å². The van der Waals surface area contributed by atoms with Gasteiger partial charge in [-0.15, -0.1) is 0 Å². The van der Waals surface area contributed by atoms with E-state index in [1.807, 2.05) is 13.1 Å². The highest BCUT2D eigenvalue weighted by molar-refractivity contribution is 5.16. The van der Waals surface area contributed by atoms with E-state index in [0.29, 0.717) is 0 Å². The highest BCUT2D eigenvalue weighted by Gasteiger charge is 2.28. The second-order valence-electron chi connectivity index (χ2n) is 3.52. The van der Waals surface area contributed by atoms with Crippen LogP contribution in [-0.2, 0) is 12.1 Å². The van der Waals surface area contributed by atoms with Gasteiger partial charge in [-0.1, -0.05) is 0 Å². The van der Waals surface area contributed by atoms with Gasteiger partial charge in [-0.05, 0) is 20.8 Å². The van der Waals surface area contributed by atoms with Crippen LogP contribution < -0.4 is 5.73 Å². The summed E-state index contributed by atoms with van der Waals surface area (Å²) in [5.41, 5.74) is 5.44. The molecule has 4 heteroatoms. The number of hydrogen-bond donors (Lipinski definition) is 2. The Bertz CT molecular complexity index is 278. The van der Waals surface area contributed by atoms with Crippen LogP contribution in [0.4, 0.5) is 0 Å². The molecule has 13 heavy (non-hydrogen) atoms. The minimum Gasteiger partial charge on any atom is -0.384 e. The Morgan fingerprint density at radius 2 is 2.38 bits per heavy atom. The zero-order chi connectivity index (χ0) is 10.1. The molecule has 2 unspecified atom stereocenters. The van der Waals surface area contributed by atoms with Crippen molar-refractivity contribution in [3.05, 3.63) is 18.0 Å². The molecule has 4 nitrogen and oxygen atoms in total. The third kappa shape index (κ3) is 1.89. The smallest absolute Gasteiger partial charge is 0.105 e. The Balaban J connectivity index is 2.93. The highest BCUT2D eigenvalue weighted by Crippen LogP contribution is 2.22. The number of aliphatic hydroxyl groups is 1. The van der Waals surface area contributed by atoms with Crippen LogP contribution in [0.1, 0.15) is 26.3 Å². The van der Waals surface area contributed by atoms with E-state index in [0.717, 1.165) is 12.1 Å². The molecular formula is C9H17N3O. The van der Waals surface area contributed by atoms with Gasteiger partial charge < -0.3 is 10.8 Å². The Labute approximate surface area is 78.4 Å². The molecule has 0 bridgehead atoms. The summed E-state index contributed by atoms with van der Waals surface area (Å²) in [5, 5.41) is 14.1. The Kier molecular flexibility index (Phi) is 2.73.